The molecule has 6 rings (SSSR count). The van der Waals surface area contributed by atoms with Gasteiger partial charge in [-0.1, -0.05) is 0 Å². The van der Waals surface area contributed by atoms with E-state index in [2.05, 4.69) is 31.7 Å². The van der Waals surface area contributed by atoms with Crippen molar-refractivity contribution in [1.29, 1.82) is 0 Å². The molecule has 0 atom stereocenters. The molecule has 0 aromatic heterocycles. The van der Waals surface area contributed by atoms with Crippen LogP contribution in [0.3, 0.4) is 0 Å². The van der Waals surface area contributed by atoms with Gasteiger partial charge in [-0.15, -0.1) is 0 Å². The van der Waals surface area contributed by atoms with Crippen LogP contribution in [-0.4, -0.2) is 82.9 Å². The highest BCUT2D eigenvalue weighted by molar-refractivity contribution is 7.91. The number of hydrogen-bond acceptors (Lipinski definition) is 14. The van der Waals surface area contributed by atoms with Crippen LogP contribution in [-0.2, 0) is 29.8 Å². The molecule has 20 nitrogen and oxygen atoms in total. The van der Waals surface area contributed by atoms with Crippen LogP contribution in [0.4, 0.5) is 22.7 Å². The quantitative estimate of drug-likeness (QED) is 0.0645. The largest absolute Gasteiger partial charge is 0.478 e. The molecule has 0 saturated heterocycles. The first-order valence-electron chi connectivity index (χ1n) is 16.0. The van der Waals surface area contributed by atoms with E-state index in [1.165, 1.54) is 72.8 Å². The number of allylic oxidation sites excluding steroid dienone is 2. The van der Waals surface area contributed by atoms with Crippen molar-refractivity contribution in [2.24, 2.45) is 10.2 Å². The van der Waals surface area contributed by atoms with E-state index in [9.17, 15) is 54.7 Å². The number of nitrogens with zero attached hydrogens (tertiary/aromatic N) is 2. The van der Waals surface area contributed by atoms with Crippen LogP contribution in [0.1, 0.15) is 52.6 Å². The van der Waals surface area contributed by atoms with E-state index in [1.807, 2.05) is 0 Å². The summed E-state index contributed by atoms with van der Waals surface area (Å²) in [5, 5.41) is 30.3. The van der Waals surface area contributed by atoms with Crippen LogP contribution in [0, 0.1) is 0 Å². The number of Topliss-reactive ketones (excluding diaryl/α,β-unsaturated/α-hetero) is 2. The van der Waals surface area contributed by atoms with Gasteiger partial charge in [0, 0.05) is 22.5 Å². The van der Waals surface area contributed by atoms with Gasteiger partial charge >= 0.3 is 23.8 Å². The Bertz CT molecular complexity index is 2650. The average Bonchev–Trinajstić information content (AvgIpc) is 3.16. The van der Waals surface area contributed by atoms with Crippen LogP contribution in [0.5, 0.6) is 0 Å². The summed E-state index contributed by atoms with van der Waals surface area (Å²) in [6, 6.07) is 17.3. The van der Waals surface area contributed by atoms with Crippen molar-refractivity contribution in [3.8, 4) is 0 Å². The summed E-state index contributed by atoms with van der Waals surface area (Å²) in [6.07, 6.45) is 1.81. The third-order valence-corrected chi connectivity index (χ3v) is 9.93. The predicted molar refractivity (Wildman–Crippen MR) is 207 cm³/mol. The molecule has 22 heteroatoms. The smallest absolute Gasteiger partial charge is 0.335 e. The van der Waals surface area contributed by atoms with Crippen LogP contribution < -0.4 is 21.5 Å². The number of aromatic carboxylic acids is 2. The van der Waals surface area contributed by atoms with Crippen LogP contribution in [0.15, 0.2) is 105 Å². The van der Waals surface area contributed by atoms with E-state index < -0.39 is 76.8 Å². The van der Waals surface area contributed by atoms with Crippen LogP contribution in [0.25, 0.3) is 12.2 Å². The van der Waals surface area contributed by atoms with Gasteiger partial charge in [-0.2, -0.15) is 27.0 Å². The minimum Gasteiger partial charge on any atom is -0.478 e. The molecule has 58 heavy (non-hydrogen) atoms. The maximum atomic E-state index is 13.3. The Kier molecular flexibility index (Phi) is 10.7. The second-order valence-corrected chi connectivity index (χ2v) is 14.8. The molecule has 0 bridgehead atoms. The van der Waals surface area contributed by atoms with Crippen molar-refractivity contribution in [2.75, 3.05) is 21.5 Å². The molecule has 2 aliphatic carbocycles. The number of ketones is 2. The lowest BCUT2D eigenvalue weighted by Crippen LogP contribution is -2.30. The summed E-state index contributed by atoms with van der Waals surface area (Å²) < 4.78 is 68.8. The standard InChI is InChI=1S/C36H24N6O14S2/c43-31-25-11-9-23(13-19(25)15-27(57(51,52)53)29(31)41-39-21-5-1-17(2-6-21)35(47)48)37-33(45)34(46)38-24-10-12-26-20(14-24)16-28(58(54,55)56)30(32(26)44)42-40-22-7-3-18(4-8-22)36(49)50/h1-16,39-40H,(H,37,45)(H,38,46)(H,47,48)(H,49,50)(H,51,52,53)(H,54,55,56). The fraction of sp³-hybridized carbons (Fsp3) is 0. The zero-order chi connectivity index (χ0) is 42.1. The zero-order valence-corrected chi connectivity index (χ0v) is 30.5. The van der Waals surface area contributed by atoms with Gasteiger partial charge in [0.05, 0.1) is 22.5 Å². The van der Waals surface area contributed by atoms with Crippen molar-refractivity contribution < 1.29 is 64.9 Å². The van der Waals surface area contributed by atoms with Gasteiger partial charge in [0.2, 0.25) is 11.6 Å². The number of rotatable bonds is 10. The number of carboxylic acids is 2. The Morgan fingerprint density at radius 2 is 0.828 bits per heavy atom. The first-order chi connectivity index (χ1) is 27.3. The number of carbonyl (C=O) groups is 6. The topological polar surface area (TPSA) is 324 Å². The van der Waals surface area contributed by atoms with Gasteiger partial charge in [0.25, 0.3) is 20.2 Å². The second kappa shape index (κ2) is 15.5. The summed E-state index contributed by atoms with van der Waals surface area (Å²) in [6.45, 7) is 0. The molecule has 0 saturated carbocycles. The van der Waals surface area contributed by atoms with E-state index in [-0.39, 0.29) is 56.1 Å². The van der Waals surface area contributed by atoms with Crippen LogP contribution >= 0.6 is 0 Å². The molecule has 0 aliphatic heterocycles. The highest BCUT2D eigenvalue weighted by Gasteiger charge is 2.34. The fourth-order valence-corrected chi connectivity index (χ4v) is 6.74. The highest BCUT2D eigenvalue weighted by Crippen LogP contribution is 2.30. The summed E-state index contributed by atoms with van der Waals surface area (Å²) in [5.74, 6) is -6.82. The molecule has 0 fully saturated rings. The molecule has 294 valence electrons. The van der Waals surface area contributed by atoms with Crippen LogP contribution in [0.2, 0.25) is 0 Å². The van der Waals surface area contributed by atoms with Gasteiger partial charge in [-0.25, -0.2) is 9.59 Å². The average molecular weight is 829 g/mol. The molecular weight excluding hydrogens is 805 g/mol. The van der Waals surface area contributed by atoms with E-state index >= 15 is 0 Å². The third kappa shape index (κ3) is 8.58. The van der Waals surface area contributed by atoms with Gasteiger partial charge in [0.1, 0.15) is 9.81 Å². The first kappa shape index (κ1) is 40.0. The lowest BCUT2D eigenvalue weighted by Gasteiger charge is -2.18. The number of hydrazone groups is 2. The highest BCUT2D eigenvalue weighted by atomic mass is 32.2. The molecule has 0 spiro atoms. The number of anilines is 4. The Labute approximate surface area is 325 Å². The molecule has 0 heterocycles. The molecule has 2 aliphatic rings. The van der Waals surface area contributed by atoms with E-state index in [1.54, 1.807) is 0 Å². The zero-order valence-electron chi connectivity index (χ0n) is 28.8. The van der Waals surface area contributed by atoms with E-state index in [4.69, 9.17) is 10.2 Å². The molecule has 4 aromatic rings. The lowest BCUT2D eigenvalue weighted by molar-refractivity contribution is -0.132. The summed E-state index contributed by atoms with van der Waals surface area (Å²) in [5.41, 5.74) is 3.16. The van der Waals surface area contributed by atoms with Gasteiger partial charge in [0.15, 0.2) is 11.4 Å². The van der Waals surface area contributed by atoms with Crippen molar-refractivity contribution in [3.05, 3.63) is 128 Å². The molecule has 0 radical (unpaired) electrons. The maximum absolute atomic E-state index is 13.3. The van der Waals surface area contributed by atoms with Crippen molar-refractivity contribution in [1.82, 2.24) is 0 Å². The van der Waals surface area contributed by atoms with Crippen molar-refractivity contribution in [2.45, 2.75) is 0 Å². The van der Waals surface area contributed by atoms with E-state index in [0.717, 1.165) is 24.3 Å². The Morgan fingerprint density at radius 1 is 0.500 bits per heavy atom. The Morgan fingerprint density at radius 3 is 1.14 bits per heavy atom. The maximum Gasteiger partial charge on any atom is 0.335 e. The normalized spacial score (nSPS) is 15.1. The lowest BCUT2D eigenvalue weighted by atomic mass is 9.94. The number of fused-ring (bicyclic) bond motifs is 2. The fourth-order valence-electron chi connectivity index (χ4n) is 5.43. The Hall–Kier alpha value is -7.66. The molecule has 0 unspecified atom stereocenters. The summed E-state index contributed by atoms with van der Waals surface area (Å²) in [7, 11) is -10.1. The second-order valence-electron chi connectivity index (χ2n) is 12.0. The first-order valence-corrected chi connectivity index (χ1v) is 18.9. The summed E-state index contributed by atoms with van der Waals surface area (Å²) >= 11 is 0. The molecule has 8 N–H and O–H groups in total. The predicted octanol–water partition coefficient (Wildman–Crippen LogP) is 3.45. The number of carboxylic acid groups (broad SMARTS) is 2. The molecule has 4 aromatic carbocycles. The van der Waals surface area contributed by atoms with Gasteiger partial charge < -0.3 is 20.8 Å². The number of amides is 2. The monoisotopic (exact) mass is 828 g/mol. The van der Waals surface area contributed by atoms with E-state index in [0.29, 0.717) is 0 Å². The minimum atomic E-state index is -5.06. The van der Waals surface area contributed by atoms with Gasteiger partial charge in [-0.3, -0.25) is 39.1 Å². The van der Waals surface area contributed by atoms with Crippen molar-refractivity contribution >= 4 is 102 Å². The number of benzene rings is 4. The van der Waals surface area contributed by atoms with Gasteiger partial charge in [-0.05, 0) is 108 Å². The number of nitrogens with one attached hydrogen (secondary N) is 4. The summed E-state index contributed by atoms with van der Waals surface area (Å²) in [4.78, 5) is 72.8. The van der Waals surface area contributed by atoms with Crippen molar-refractivity contribution in [3.63, 3.8) is 0 Å². The number of hydrogen-bond donors (Lipinski definition) is 8. The molecular formula is C36H24N6O14S2. The third-order valence-electron chi connectivity index (χ3n) is 8.20. The minimum absolute atomic E-state index is 0.0490. The Balaban J connectivity index is 1.18. The SMILES string of the molecule is O=C(Nc1ccc2c(c1)C=C(S(=O)(=O)O)C(=NNc1ccc(C(=O)O)cc1)C2=O)C(=O)Nc1ccc2c(c1)C=C(S(=O)(=O)O)C(=NNc1ccc(C(=O)O)cc1)C2=O. The molecule has 2 amide bonds. The number of carbonyl (C=O) groups excluding carboxylic acids is 4.